The topological polar surface area (TPSA) is 92.7 Å². The zero-order chi connectivity index (χ0) is 15.4. The molecule has 1 amide bonds. The van der Waals surface area contributed by atoms with Crippen LogP contribution < -0.4 is 10.9 Å². The summed E-state index contributed by atoms with van der Waals surface area (Å²) in [5, 5.41) is 9.32. The number of nitrogens with one attached hydrogen (secondary N) is 2. The molecule has 2 N–H and O–H groups in total. The van der Waals surface area contributed by atoms with E-state index in [0.29, 0.717) is 18.1 Å². The Morgan fingerprint density at radius 2 is 2.19 bits per heavy atom. The summed E-state index contributed by atoms with van der Waals surface area (Å²) in [6.07, 6.45) is 2.47. The number of aromatic amines is 1. The number of hydrogen-bond acceptors (Lipinski definition) is 4. The molecule has 7 heteroatoms. The van der Waals surface area contributed by atoms with Crippen molar-refractivity contribution in [1.29, 1.82) is 0 Å². The van der Waals surface area contributed by atoms with Gasteiger partial charge >= 0.3 is 0 Å². The van der Waals surface area contributed by atoms with Crippen molar-refractivity contribution in [2.24, 2.45) is 0 Å². The summed E-state index contributed by atoms with van der Waals surface area (Å²) >= 11 is 0. The lowest BCUT2D eigenvalue weighted by atomic mass is 10.2. The number of anilines is 1. The summed E-state index contributed by atoms with van der Waals surface area (Å²) in [7, 11) is 0. The van der Waals surface area contributed by atoms with Crippen molar-refractivity contribution in [3.63, 3.8) is 0 Å². The molecule has 21 heavy (non-hydrogen) atoms. The first-order valence-corrected chi connectivity index (χ1v) is 6.95. The number of pyridine rings is 1. The second-order valence-corrected chi connectivity index (χ2v) is 5.10. The Bertz CT molecular complexity index is 687. The summed E-state index contributed by atoms with van der Waals surface area (Å²) < 4.78 is 1.56. The van der Waals surface area contributed by atoms with E-state index in [2.05, 4.69) is 20.5 Å². The molecule has 2 aromatic rings. The average Bonchev–Trinajstić information content (AvgIpc) is 2.93. The first kappa shape index (κ1) is 15.0. The van der Waals surface area contributed by atoms with E-state index in [1.165, 1.54) is 6.07 Å². The predicted molar refractivity (Wildman–Crippen MR) is 79.4 cm³/mol. The molecular weight excluding hydrogens is 270 g/mol. The number of hydrogen-bond donors (Lipinski definition) is 2. The molecule has 0 atom stereocenters. The maximum Gasteiger partial charge on any atom is 0.295 e. The molecule has 0 aromatic carbocycles. The Kier molecular flexibility index (Phi) is 4.52. The third-order valence-corrected chi connectivity index (χ3v) is 2.96. The lowest BCUT2D eigenvalue weighted by molar-refractivity contribution is 0.101. The first-order valence-electron chi connectivity index (χ1n) is 6.95. The molecule has 0 saturated heterocycles. The minimum atomic E-state index is -0.403. The van der Waals surface area contributed by atoms with Gasteiger partial charge in [-0.15, -0.1) is 5.10 Å². The van der Waals surface area contributed by atoms with Gasteiger partial charge in [0, 0.05) is 24.7 Å². The molecule has 0 aliphatic rings. The van der Waals surface area contributed by atoms with Crippen LogP contribution in [-0.2, 0) is 6.54 Å². The number of carbonyl (C=O) groups is 1. The van der Waals surface area contributed by atoms with Gasteiger partial charge < -0.3 is 9.88 Å². The highest BCUT2D eigenvalue weighted by Crippen LogP contribution is 2.09. The highest BCUT2D eigenvalue weighted by molar-refractivity contribution is 6.01. The minimum absolute atomic E-state index is 0.0881. The van der Waals surface area contributed by atoms with Crippen LogP contribution in [0.4, 0.5) is 5.69 Å². The van der Waals surface area contributed by atoms with Gasteiger partial charge in [0.25, 0.3) is 11.5 Å². The van der Waals surface area contributed by atoms with Crippen molar-refractivity contribution in [1.82, 2.24) is 19.7 Å². The fraction of sp³-hybridized carbons (Fsp3) is 0.429. The maximum atomic E-state index is 12.1. The monoisotopic (exact) mass is 289 g/mol. The van der Waals surface area contributed by atoms with Gasteiger partial charge in [-0.3, -0.25) is 14.7 Å². The third-order valence-electron chi connectivity index (χ3n) is 2.96. The Morgan fingerprint density at radius 1 is 1.43 bits per heavy atom. The molecule has 2 heterocycles. The smallest absolute Gasteiger partial charge is 0.295 e. The van der Waals surface area contributed by atoms with Gasteiger partial charge in [0.15, 0.2) is 0 Å². The molecule has 0 unspecified atom stereocenters. The normalized spacial score (nSPS) is 10.9. The Balaban J connectivity index is 2.15. The molecule has 0 bridgehead atoms. The molecule has 0 aliphatic heterocycles. The van der Waals surface area contributed by atoms with E-state index in [9.17, 15) is 9.59 Å². The number of aryl methyl sites for hydroxylation is 1. The zero-order valence-electron chi connectivity index (χ0n) is 12.4. The van der Waals surface area contributed by atoms with Crippen molar-refractivity contribution < 1.29 is 4.79 Å². The van der Waals surface area contributed by atoms with Gasteiger partial charge in [0.05, 0.1) is 5.69 Å². The molecule has 0 fully saturated rings. The SMILES string of the molecule is CCCn1cc(NC(=O)c2n[nH]c(C(C)C)n2)ccc1=O. The predicted octanol–water partition coefficient (Wildman–Crippen LogP) is 1.75. The van der Waals surface area contributed by atoms with Crippen molar-refractivity contribution in [2.45, 2.75) is 39.7 Å². The van der Waals surface area contributed by atoms with Gasteiger partial charge in [-0.1, -0.05) is 20.8 Å². The number of aromatic nitrogens is 4. The fourth-order valence-corrected chi connectivity index (χ4v) is 1.84. The van der Waals surface area contributed by atoms with Gasteiger partial charge in [-0.05, 0) is 12.5 Å². The van der Waals surface area contributed by atoms with E-state index in [4.69, 9.17) is 0 Å². The fourth-order valence-electron chi connectivity index (χ4n) is 1.84. The molecule has 7 nitrogen and oxygen atoms in total. The van der Waals surface area contributed by atoms with Gasteiger partial charge in [-0.2, -0.15) is 0 Å². The largest absolute Gasteiger partial charge is 0.318 e. The van der Waals surface area contributed by atoms with Crippen LogP contribution in [0.1, 0.15) is 49.6 Å². The summed E-state index contributed by atoms with van der Waals surface area (Å²) in [5.74, 6) is 0.522. The molecule has 0 spiro atoms. The standard InChI is InChI=1S/C14H19N5O2/c1-4-7-19-8-10(5-6-11(19)20)15-14(21)13-16-12(9(2)3)17-18-13/h5-6,8-9H,4,7H2,1-3H3,(H,15,21)(H,16,17,18). The molecule has 2 rings (SSSR count). The van der Waals surface area contributed by atoms with Crippen molar-refractivity contribution in [3.8, 4) is 0 Å². The van der Waals surface area contributed by atoms with Crippen LogP contribution in [0, 0.1) is 0 Å². The van der Waals surface area contributed by atoms with E-state index in [-0.39, 0.29) is 17.3 Å². The molecule has 2 aromatic heterocycles. The lowest BCUT2D eigenvalue weighted by Crippen LogP contribution is -2.21. The van der Waals surface area contributed by atoms with Gasteiger partial charge in [-0.25, -0.2) is 4.98 Å². The Hall–Kier alpha value is -2.44. The average molecular weight is 289 g/mol. The molecular formula is C14H19N5O2. The van der Waals surface area contributed by atoms with Crippen molar-refractivity contribution >= 4 is 11.6 Å². The van der Waals surface area contributed by atoms with Crippen LogP contribution in [0.25, 0.3) is 0 Å². The second-order valence-electron chi connectivity index (χ2n) is 5.10. The van der Waals surface area contributed by atoms with Crippen LogP contribution in [0.5, 0.6) is 0 Å². The van der Waals surface area contributed by atoms with E-state index in [1.54, 1.807) is 16.8 Å². The number of amides is 1. The highest BCUT2D eigenvalue weighted by Gasteiger charge is 2.14. The zero-order valence-corrected chi connectivity index (χ0v) is 12.4. The minimum Gasteiger partial charge on any atom is -0.318 e. The number of nitrogens with zero attached hydrogens (tertiary/aromatic N) is 3. The third kappa shape index (κ3) is 3.56. The molecule has 0 aliphatic carbocycles. The van der Waals surface area contributed by atoms with Gasteiger partial charge in [0.2, 0.25) is 5.82 Å². The van der Waals surface area contributed by atoms with E-state index in [1.807, 2.05) is 20.8 Å². The molecule has 112 valence electrons. The van der Waals surface area contributed by atoms with Crippen LogP contribution in [0.15, 0.2) is 23.1 Å². The molecule has 0 saturated carbocycles. The maximum absolute atomic E-state index is 12.1. The van der Waals surface area contributed by atoms with Gasteiger partial charge in [0.1, 0.15) is 5.82 Å². The van der Waals surface area contributed by atoms with Crippen LogP contribution in [0.2, 0.25) is 0 Å². The van der Waals surface area contributed by atoms with Crippen LogP contribution in [-0.4, -0.2) is 25.7 Å². The summed E-state index contributed by atoms with van der Waals surface area (Å²) in [4.78, 5) is 27.8. The number of carbonyl (C=O) groups excluding carboxylic acids is 1. The van der Waals surface area contributed by atoms with Crippen LogP contribution >= 0.6 is 0 Å². The number of rotatable bonds is 5. The van der Waals surface area contributed by atoms with E-state index in [0.717, 1.165) is 6.42 Å². The van der Waals surface area contributed by atoms with Crippen LogP contribution in [0.3, 0.4) is 0 Å². The Morgan fingerprint density at radius 3 is 2.81 bits per heavy atom. The summed E-state index contributed by atoms with van der Waals surface area (Å²) in [6.45, 7) is 6.52. The Labute approximate surface area is 122 Å². The second kappa shape index (κ2) is 6.34. The van der Waals surface area contributed by atoms with E-state index < -0.39 is 5.91 Å². The quantitative estimate of drug-likeness (QED) is 0.877. The highest BCUT2D eigenvalue weighted by atomic mass is 16.2. The first-order chi connectivity index (χ1) is 10.0. The summed E-state index contributed by atoms with van der Waals surface area (Å²) in [5.41, 5.74) is 0.457. The lowest BCUT2D eigenvalue weighted by Gasteiger charge is -2.07. The van der Waals surface area contributed by atoms with Crippen molar-refractivity contribution in [2.75, 3.05) is 5.32 Å². The molecule has 0 radical (unpaired) electrons. The summed E-state index contributed by atoms with van der Waals surface area (Å²) in [6, 6.07) is 3.01. The van der Waals surface area contributed by atoms with Crippen molar-refractivity contribution in [3.05, 3.63) is 40.3 Å². The number of H-pyrrole nitrogens is 1. The van der Waals surface area contributed by atoms with E-state index >= 15 is 0 Å².